The largest absolute Gasteiger partial charge is 0.339 e. The first kappa shape index (κ1) is 15.0. The number of likely N-dealkylation sites (tertiary alicyclic amines) is 1. The fourth-order valence-corrected chi connectivity index (χ4v) is 5.41. The number of fused-ring (bicyclic) bond motifs is 1. The van der Waals surface area contributed by atoms with Gasteiger partial charge in [-0.05, 0) is 26.2 Å². The summed E-state index contributed by atoms with van der Waals surface area (Å²) >= 11 is 1.75. The van der Waals surface area contributed by atoms with Gasteiger partial charge in [0.1, 0.15) is 18.7 Å². The zero-order valence-corrected chi connectivity index (χ0v) is 14.0. The van der Waals surface area contributed by atoms with Crippen molar-refractivity contribution in [2.24, 2.45) is 0 Å². The molecule has 3 fully saturated rings. The molecule has 2 amide bonds. The van der Waals surface area contributed by atoms with Crippen LogP contribution in [0.4, 0.5) is 0 Å². The zero-order valence-electron chi connectivity index (χ0n) is 13.2. The van der Waals surface area contributed by atoms with Crippen LogP contribution in [0.15, 0.2) is 12.7 Å². The van der Waals surface area contributed by atoms with E-state index in [4.69, 9.17) is 0 Å². The Kier molecular flexibility index (Phi) is 3.59. The lowest BCUT2D eigenvalue weighted by molar-refractivity contribution is -0.144. The summed E-state index contributed by atoms with van der Waals surface area (Å²) in [7, 11) is 0. The van der Waals surface area contributed by atoms with Crippen LogP contribution in [0, 0.1) is 0 Å². The van der Waals surface area contributed by atoms with Crippen LogP contribution < -0.4 is 0 Å². The average Bonchev–Trinajstić information content (AvgIpc) is 3.25. The van der Waals surface area contributed by atoms with Gasteiger partial charge in [0, 0.05) is 25.3 Å². The molecular formula is C15H21N5O2S. The Hall–Kier alpha value is -1.57. The van der Waals surface area contributed by atoms with Gasteiger partial charge in [0.15, 0.2) is 0 Å². The summed E-state index contributed by atoms with van der Waals surface area (Å²) in [6.07, 6.45) is 6.62. The molecule has 0 N–H and O–H groups in total. The summed E-state index contributed by atoms with van der Waals surface area (Å²) in [4.78, 5) is 32.8. The molecule has 3 atom stereocenters. The van der Waals surface area contributed by atoms with Crippen molar-refractivity contribution in [1.82, 2.24) is 24.6 Å². The molecule has 4 heterocycles. The van der Waals surface area contributed by atoms with Crippen LogP contribution in [0.5, 0.6) is 0 Å². The quantitative estimate of drug-likeness (QED) is 0.803. The lowest BCUT2D eigenvalue weighted by Gasteiger charge is -2.37. The highest BCUT2D eigenvalue weighted by atomic mass is 32.2. The summed E-state index contributed by atoms with van der Waals surface area (Å²) in [6, 6.07) is -0.112. The van der Waals surface area contributed by atoms with Crippen LogP contribution in [0.2, 0.25) is 0 Å². The second-order valence-electron chi connectivity index (χ2n) is 6.72. The Labute approximate surface area is 139 Å². The lowest BCUT2D eigenvalue weighted by atomic mass is 10.0. The molecule has 3 aliphatic heterocycles. The maximum Gasteiger partial charge on any atom is 0.246 e. The molecule has 0 unspecified atom stereocenters. The SMILES string of the molecule is C[C@]12CCC(=O)N1[C@@H](C(=O)N1CCC[C@H](n3cncn3)C1)CS2. The van der Waals surface area contributed by atoms with Gasteiger partial charge in [-0.15, -0.1) is 11.8 Å². The number of hydrogen-bond donors (Lipinski definition) is 0. The Bertz CT molecular complexity index is 621. The number of carbonyl (C=O) groups excluding carboxylic acids is 2. The number of carbonyl (C=O) groups is 2. The molecule has 0 aliphatic carbocycles. The maximum absolute atomic E-state index is 13.0. The van der Waals surface area contributed by atoms with E-state index in [0.717, 1.165) is 25.8 Å². The van der Waals surface area contributed by atoms with Crippen molar-refractivity contribution in [1.29, 1.82) is 0 Å². The van der Waals surface area contributed by atoms with Crippen molar-refractivity contribution in [3.8, 4) is 0 Å². The first-order valence-corrected chi connectivity index (χ1v) is 9.16. The molecule has 1 aromatic rings. The number of nitrogens with zero attached hydrogens (tertiary/aromatic N) is 5. The van der Waals surface area contributed by atoms with Gasteiger partial charge in [-0.25, -0.2) is 9.67 Å². The van der Waals surface area contributed by atoms with Crippen LogP contribution in [0.1, 0.15) is 38.6 Å². The molecule has 0 bridgehead atoms. The van der Waals surface area contributed by atoms with Gasteiger partial charge in [-0.2, -0.15) is 5.10 Å². The molecule has 0 aromatic carbocycles. The zero-order chi connectivity index (χ0) is 16.0. The standard InChI is InChI=1S/C15H21N5O2S/c1-15-5-4-13(21)20(15)12(8-23-15)14(22)18-6-2-3-11(7-18)19-10-16-9-17-19/h9-12H,2-8H2,1H3/t11-,12+,15-/m0/s1. The van der Waals surface area contributed by atoms with Crippen molar-refractivity contribution in [2.75, 3.05) is 18.8 Å². The Balaban J connectivity index is 1.49. The van der Waals surface area contributed by atoms with Gasteiger partial charge < -0.3 is 9.80 Å². The van der Waals surface area contributed by atoms with Gasteiger partial charge in [-0.1, -0.05) is 0 Å². The second kappa shape index (κ2) is 5.51. The van der Waals surface area contributed by atoms with E-state index in [2.05, 4.69) is 17.0 Å². The lowest BCUT2D eigenvalue weighted by Crippen LogP contribution is -2.53. The molecule has 7 nitrogen and oxygen atoms in total. The highest BCUT2D eigenvalue weighted by Crippen LogP contribution is 2.47. The number of thioether (sulfide) groups is 1. The molecule has 0 radical (unpaired) electrons. The fraction of sp³-hybridized carbons (Fsp3) is 0.733. The van der Waals surface area contributed by atoms with Crippen LogP contribution in [-0.4, -0.2) is 66.1 Å². The van der Waals surface area contributed by atoms with Gasteiger partial charge in [0.2, 0.25) is 11.8 Å². The van der Waals surface area contributed by atoms with Crippen LogP contribution in [-0.2, 0) is 9.59 Å². The molecule has 0 saturated carbocycles. The van der Waals surface area contributed by atoms with Crippen molar-refractivity contribution in [3.05, 3.63) is 12.7 Å². The Morgan fingerprint density at radius 3 is 3.13 bits per heavy atom. The maximum atomic E-state index is 13.0. The van der Waals surface area contributed by atoms with Crippen LogP contribution in [0.25, 0.3) is 0 Å². The molecule has 1 aromatic heterocycles. The minimum atomic E-state index is -0.297. The average molecular weight is 335 g/mol. The van der Waals surface area contributed by atoms with E-state index < -0.39 is 0 Å². The molecule has 3 aliphatic rings. The summed E-state index contributed by atoms with van der Waals surface area (Å²) in [5.74, 6) is 0.938. The van der Waals surface area contributed by atoms with Crippen molar-refractivity contribution >= 4 is 23.6 Å². The van der Waals surface area contributed by atoms with E-state index in [1.807, 2.05) is 14.5 Å². The van der Waals surface area contributed by atoms with Crippen molar-refractivity contribution < 1.29 is 9.59 Å². The minimum Gasteiger partial charge on any atom is -0.339 e. The molecular weight excluding hydrogens is 314 g/mol. The third kappa shape index (κ3) is 2.43. The second-order valence-corrected chi connectivity index (χ2v) is 8.22. The van der Waals surface area contributed by atoms with Crippen molar-refractivity contribution in [2.45, 2.75) is 49.6 Å². The van der Waals surface area contributed by atoms with E-state index >= 15 is 0 Å². The smallest absolute Gasteiger partial charge is 0.246 e. The van der Waals surface area contributed by atoms with Gasteiger partial charge in [-0.3, -0.25) is 9.59 Å². The Morgan fingerprint density at radius 2 is 2.35 bits per heavy atom. The first-order chi connectivity index (χ1) is 11.1. The predicted molar refractivity (Wildman–Crippen MR) is 85.6 cm³/mol. The molecule has 0 spiro atoms. The van der Waals surface area contributed by atoms with E-state index in [0.29, 0.717) is 18.7 Å². The first-order valence-electron chi connectivity index (χ1n) is 8.17. The highest BCUT2D eigenvalue weighted by Gasteiger charge is 2.53. The molecule has 3 saturated heterocycles. The molecule has 8 heteroatoms. The molecule has 23 heavy (non-hydrogen) atoms. The normalized spacial score (nSPS) is 34.0. The third-order valence-electron chi connectivity index (χ3n) is 5.25. The van der Waals surface area contributed by atoms with Crippen LogP contribution >= 0.6 is 11.8 Å². The fourth-order valence-electron chi connectivity index (χ4n) is 3.99. The molecule has 124 valence electrons. The number of hydrogen-bond acceptors (Lipinski definition) is 5. The summed E-state index contributed by atoms with van der Waals surface area (Å²) in [5.41, 5.74) is 0. The summed E-state index contributed by atoms with van der Waals surface area (Å²) in [6.45, 7) is 3.51. The van der Waals surface area contributed by atoms with Gasteiger partial charge >= 0.3 is 0 Å². The highest BCUT2D eigenvalue weighted by molar-refractivity contribution is 8.01. The van der Waals surface area contributed by atoms with E-state index in [1.54, 1.807) is 18.1 Å². The number of amides is 2. The minimum absolute atomic E-state index is 0.0984. The van der Waals surface area contributed by atoms with E-state index in [9.17, 15) is 9.59 Å². The Morgan fingerprint density at radius 1 is 1.48 bits per heavy atom. The number of aromatic nitrogens is 3. The number of piperidine rings is 1. The van der Waals surface area contributed by atoms with E-state index in [1.165, 1.54) is 6.33 Å². The summed E-state index contributed by atoms with van der Waals surface area (Å²) in [5, 5.41) is 4.21. The number of rotatable bonds is 2. The third-order valence-corrected chi connectivity index (χ3v) is 6.75. The topological polar surface area (TPSA) is 71.3 Å². The molecule has 4 rings (SSSR count). The van der Waals surface area contributed by atoms with Gasteiger partial charge in [0.05, 0.1) is 10.9 Å². The van der Waals surface area contributed by atoms with E-state index in [-0.39, 0.29) is 28.8 Å². The van der Waals surface area contributed by atoms with Crippen LogP contribution in [0.3, 0.4) is 0 Å². The monoisotopic (exact) mass is 335 g/mol. The van der Waals surface area contributed by atoms with Gasteiger partial charge in [0.25, 0.3) is 0 Å². The van der Waals surface area contributed by atoms with Crippen molar-refractivity contribution in [3.63, 3.8) is 0 Å². The predicted octanol–water partition coefficient (Wildman–Crippen LogP) is 0.896. The summed E-state index contributed by atoms with van der Waals surface area (Å²) < 4.78 is 1.84.